The Morgan fingerprint density at radius 1 is 1.38 bits per heavy atom. The van der Waals surface area contributed by atoms with Crippen LogP contribution in [0.3, 0.4) is 0 Å². The van der Waals surface area contributed by atoms with Crippen LogP contribution < -0.4 is 10.5 Å². The van der Waals surface area contributed by atoms with Gasteiger partial charge in [-0.15, -0.1) is 0 Å². The molecule has 1 fully saturated rings. The fraction of sp³-hybridized carbons (Fsp3) is 0.273. The van der Waals surface area contributed by atoms with Crippen LogP contribution in [0.1, 0.15) is 5.56 Å². The van der Waals surface area contributed by atoms with Crippen LogP contribution in [0.4, 0.5) is 9.52 Å². The zero-order valence-corrected chi connectivity index (χ0v) is 19.2. The summed E-state index contributed by atoms with van der Waals surface area (Å²) < 4.78 is 20.8. The number of halogens is 3. The number of piperazine rings is 1. The van der Waals surface area contributed by atoms with Gasteiger partial charge in [0.2, 0.25) is 5.91 Å². The molecule has 10 heteroatoms. The zero-order chi connectivity index (χ0) is 22.6. The molecule has 2 aliphatic heterocycles. The molecule has 6 nitrogen and oxygen atoms in total. The molecule has 5 rings (SSSR count). The highest BCUT2D eigenvalue weighted by atomic mass is 35.5. The first-order valence-corrected chi connectivity index (χ1v) is 11.6. The number of nitrogens with two attached hydrogens (primary N) is 1. The summed E-state index contributed by atoms with van der Waals surface area (Å²) in [6, 6.07) is 4.83. The molecule has 1 aromatic heterocycles. The van der Waals surface area contributed by atoms with Gasteiger partial charge in [0.25, 0.3) is 0 Å². The number of fused-ring (bicyclic) bond motifs is 3. The molecule has 2 N–H and O–H groups in total. The molecule has 0 bridgehead atoms. The molecule has 1 atom stereocenters. The topological polar surface area (TPSA) is 71.7 Å². The Morgan fingerprint density at radius 3 is 2.97 bits per heavy atom. The number of amides is 1. The molecule has 3 heterocycles. The van der Waals surface area contributed by atoms with Gasteiger partial charge in [0.15, 0.2) is 5.13 Å². The van der Waals surface area contributed by atoms with Gasteiger partial charge in [-0.05, 0) is 24.3 Å². The van der Waals surface area contributed by atoms with E-state index in [1.165, 1.54) is 12.1 Å². The van der Waals surface area contributed by atoms with Crippen LogP contribution in [-0.4, -0.2) is 53.0 Å². The van der Waals surface area contributed by atoms with Crippen molar-refractivity contribution in [3.8, 4) is 16.9 Å². The average molecular weight is 493 g/mol. The van der Waals surface area contributed by atoms with Gasteiger partial charge in [0.05, 0.1) is 26.3 Å². The number of benzene rings is 2. The highest BCUT2D eigenvalue weighted by Crippen LogP contribution is 2.47. The molecular formula is C22H19Cl2FN4O2S. The van der Waals surface area contributed by atoms with E-state index in [2.05, 4.69) is 16.5 Å². The van der Waals surface area contributed by atoms with Crippen molar-refractivity contribution in [2.45, 2.75) is 12.6 Å². The summed E-state index contributed by atoms with van der Waals surface area (Å²) >= 11 is 14.6. The molecule has 2 aromatic carbocycles. The van der Waals surface area contributed by atoms with Crippen molar-refractivity contribution in [2.24, 2.45) is 0 Å². The van der Waals surface area contributed by atoms with E-state index in [1.54, 1.807) is 11.0 Å². The minimum atomic E-state index is -0.397. The number of rotatable bonds is 2. The third-order valence-corrected chi connectivity index (χ3v) is 7.47. The van der Waals surface area contributed by atoms with Crippen LogP contribution >= 0.6 is 34.5 Å². The van der Waals surface area contributed by atoms with Crippen molar-refractivity contribution < 1.29 is 13.9 Å². The second-order valence-electron chi connectivity index (χ2n) is 7.78. The van der Waals surface area contributed by atoms with E-state index in [4.69, 9.17) is 33.7 Å². The number of aromatic nitrogens is 1. The van der Waals surface area contributed by atoms with Gasteiger partial charge in [-0.25, -0.2) is 9.37 Å². The minimum absolute atomic E-state index is 0.0224. The normalized spacial score (nSPS) is 18.6. The molecule has 1 saturated heterocycles. The number of carbonyl (C=O) groups excluding carboxylic acids is 1. The first kappa shape index (κ1) is 21.5. The van der Waals surface area contributed by atoms with Gasteiger partial charge in [0.1, 0.15) is 18.2 Å². The molecule has 166 valence electrons. The fourth-order valence-corrected chi connectivity index (χ4v) is 5.87. The van der Waals surface area contributed by atoms with E-state index in [9.17, 15) is 9.18 Å². The van der Waals surface area contributed by atoms with E-state index in [0.717, 1.165) is 16.9 Å². The van der Waals surface area contributed by atoms with E-state index in [-0.39, 0.29) is 17.1 Å². The number of hydrogen-bond acceptors (Lipinski definition) is 6. The lowest BCUT2D eigenvalue weighted by Crippen LogP contribution is -2.55. The Bertz CT molecular complexity index is 1260. The Kier molecular flexibility index (Phi) is 5.49. The second kappa shape index (κ2) is 8.19. The van der Waals surface area contributed by atoms with Crippen LogP contribution in [0.25, 0.3) is 21.3 Å². The smallest absolute Gasteiger partial charge is 0.246 e. The van der Waals surface area contributed by atoms with E-state index < -0.39 is 5.82 Å². The summed E-state index contributed by atoms with van der Waals surface area (Å²) in [6.07, 6.45) is 1.33. The van der Waals surface area contributed by atoms with E-state index >= 15 is 0 Å². The highest BCUT2D eigenvalue weighted by molar-refractivity contribution is 7.22. The maximum atomic E-state index is 14.3. The maximum absolute atomic E-state index is 14.3. The summed E-state index contributed by atoms with van der Waals surface area (Å²) in [4.78, 5) is 20.4. The van der Waals surface area contributed by atoms with Crippen molar-refractivity contribution in [2.75, 3.05) is 32.0 Å². The van der Waals surface area contributed by atoms with Crippen LogP contribution in [0.15, 0.2) is 30.9 Å². The summed E-state index contributed by atoms with van der Waals surface area (Å²) in [5.41, 5.74) is 8.25. The van der Waals surface area contributed by atoms with Gasteiger partial charge in [-0.2, -0.15) is 0 Å². The van der Waals surface area contributed by atoms with Gasteiger partial charge in [-0.1, -0.05) is 41.1 Å². The molecule has 2 aliphatic rings. The van der Waals surface area contributed by atoms with Crippen LogP contribution in [0.2, 0.25) is 10.0 Å². The van der Waals surface area contributed by atoms with Crippen molar-refractivity contribution >= 4 is 55.8 Å². The zero-order valence-electron chi connectivity index (χ0n) is 16.9. The average Bonchev–Trinajstić information content (AvgIpc) is 3.07. The number of thiazole rings is 1. The molecule has 0 unspecified atom stereocenters. The molecule has 32 heavy (non-hydrogen) atoms. The minimum Gasteiger partial charge on any atom is -0.490 e. The molecule has 0 aliphatic carbocycles. The van der Waals surface area contributed by atoms with Crippen LogP contribution in [0.5, 0.6) is 5.75 Å². The first-order chi connectivity index (χ1) is 15.4. The molecule has 3 aromatic rings. The molecule has 0 spiro atoms. The summed E-state index contributed by atoms with van der Waals surface area (Å²) in [6.45, 7) is 6.42. The number of ether oxygens (including phenoxy) is 1. The summed E-state index contributed by atoms with van der Waals surface area (Å²) in [7, 11) is 0. The third kappa shape index (κ3) is 3.51. The third-order valence-electron chi connectivity index (χ3n) is 5.92. The van der Waals surface area contributed by atoms with Gasteiger partial charge < -0.3 is 15.4 Å². The lowest BCUT2D eigenvalue weighted by molar-refractivity contribution is -0.129. The quantitative estimate of drug-likeness (QED) is 0.530. The first-order valence-electron chi connectivity index (χ1n) is 10.0. The highest BCUT2D eigenvalue weighted by Gasteiger charge is 2.33. The molecule has 0 radical (unpaired) electrons. The Balaban J connectivity index is 1.55. The molecule has 1 amide bonds. The largest absolute Gasteiger partial charge is 0.490 e. The SMILES string of the molecule is C=CC(=O)N1CCN2Cc3cc(Cl)c(-c4ccc(F)c5sc(N)nc45)c(Cl)c3OC[C@@H]2C1. The fourth-order valence-electron chi connectivity index (χ4n) is 4.35. The van der Waals surface area contributed by atoms with Gasteiger partial charge >= 0.3 is 0 Å². The van der Waals surface area contributed by atoms with Gasteiger partial charge in [-0.3, -0.25) is 9.69 Å². The number of nitrogen functional groups attached to an aromatic ring is 1. The van der Waals surface area contributed by atoms with Crippen LogP contribution in [-0.2, 0) is 11.3 Å². The lowest BCUT2D eigenvalue weighted by Gasteiger charge is -2.39. The number of hydrogen-bond donors (Lipinski definition) is 1. The standard InChI is InChI=1S/C22H19Cl2FN4O2S/c1-2-16(30)29-6-5-28-8-11-7-14(23)17(18(24)20(11)31-10-12(28)9-29)13-3-4-15(25)21-19(13)27-22(26)32-21/h2-4,7,12H,1,5-6,8-10H2,(H2,26,27)/t12-/m0/s1. The van der Waals surface area contributed by atoms with Crippen molar-refractivity contribution in [1.82, 2.24) is 14.8 Å². The Labute approximate surface area is 198 Å². The maximum Gasteiger partial charge on any atom is 0.246 e. The van der Waals surface area contributed by atoms with Crippen LogP contribution in [0, 0.1) is 5.82 Å². The summed E-state index contributed by atoms with van der Waals surface area (Å²) in [5, 5.41) is 1.04. The summed E-state index contributed by atoms with van der Waals surface area (Å²) in [5.74, 6) is 0.0621. The van der Waals surface area contributed by atoms with Crippen molar-refractivity contribution in [1.29, 1.82) is 0 Å². The Hall–Kier alpha value is -2.39. The van der Waals surface area contributed by atoms with E-state index in [1.807, 2.05) is 6.07 Å². The van der Waals surface area contributed by atoms with Crippen molar-refractivity contribution in [3.63, 3.8) is 0 Å². The molecule has 0 saturated carbocycles. The predicted molar refractivity (Wildman–Crippen MR) is 126 cm³/mol. The van der Waals surface area contributed by atoms with Gasteiger partial charge in [0, 0.05) is 42.9 Å². The molecular weight excluding hydrogens is 474 g/mol. The number of nitrogens with zero attached hydrogens (tertiary/aromatic N) is 3. The number of carbonyl (C=O) groups is 1. The second-order valence-corrected chi connectivity index (χ2v) is 9.60. The van der Waals surface area contributed by atoms with Crippen molar-refractivity contribution in [3.05, 3.63) is 52.3 Å². The monoisotopic (exact) mass is 492 g/mol. The van der Waals surface area contributed by atoms with E-state index in [0.29, 0.717) is 69.9 Å². The lowest BCUT2D eigenvalue weighted by atomic mass is 10.0. The predicted octanol–water partition coefficient (Wildman–Crippen LogP) is 4.58. The number of anilines is 1. The Morgan fingerprint density at radius 2 is 2.19 bits per heavy atom.